The van der Waals surface area contributed by atoms with Gasteiger partial charge in [0.1, 0.15) is 22.9 Å². The second-order valence-corrected chi connectivity index (χ2v) is 12.9. The van der Waals surface area contributed by atoms with Crippen molar-refractivity contribution in [1.82, 2.24) is 9.88 Å². The van der Waals surface area contributed by atoms with Gasteiger partial charge in [-0.05, 0) is 84.6 Å². The number of halogens is 1. The Bertz CT molecular complexity index is 1670. The molecule has 0 radical (unpaired) electrons. The van der Waals surface area contributed by atoms with E-state index in [0.29, 0.717) is 42.9 Å². The van der Waals surface area contributed by atoms with Crippen LogP contribution in [0.15, 0.2) is 79.0 Å². The molecule has 1 aromatic heterocycles. The number of nitrogens with zero attached hydrogens (tertiary/aromatic N) is 2. The molecule has 0 N–H and O–H groups in total. The molecular formula is C33H29FN2O5S. The standard InChI is InChI=1S/C33H29FN2O5S/c34-28-9-11-30(12-10-28)40-32(37)36-19-16-33(17-20-36)15-14-27-21-26(8-13-31(27)41-33)25-6-4-24(5-7-25)22-42(38,39)23-29-3-1-2-18-35-29/h1-4,6,8-13,18,21H,14-17,19-20,22-23H2. The highest BCUT2D eigenvalue weighted by atomic mass is 32.2. The molecule has 42 heavy (non-hydrogen) atoms. The van der Waals surface area contributed by atoms with Crippen molar-refractivity contribution in [2.75, 3.05) is 13.1 Å². The SMILES string of the molecule is O=C(Oc1ccc(F)cc1)N1CCC2(CCc3cc(-c4c#cc(CS(=O)(=O)Cc5ccccn5)cc4)ccc3O2)CC1. The van der Waals surface area contributed by atoms with Crippen LogP contribution >= 0.6 is 0 Å². The number of hydrogen-bond acceptors (Lipinski definition) is 6. The van der Waals surface area contributed by atoms with E-state index < -0.39 is 15.9 Å². The first-order valence-electron chi connectivity index (χ1n) is 13.8. The Morgan fingerprint density at radius 3 is 2.50 bits per heavy atom. The lowest BCUT2D eigenvalue weighted by Gasteiger charge is -2.44. The van der Waals surface area contributed by atoms with Crippen molar-refractivity contribution in [3.8, 4) is 22.6 Å². The van der Waals surface area contributed by atoms with E-state index in [4.69, 9.17) is 9.47 Å². The van der Waals surface area contributed by atoms with Gasteiger partial charge in [-0.25, -0.2) is 17.6 Å². The van der Waals surface area contributed by atoms with Crippen LogP contribution < -0.4 is 9.47 Å². The van der Waals surface area contributed by atoms with E-state index in [1.54, 1.807) is 35.4 Å². The topological polar surface area (TPSA) is 85.8 Å². The number of sulfone groups is 1. The molecule has 3 heterocycles. The second-order valence-electron chi connectivity index (χ2n) is 10.8. The molecule has 0 aliphatic carbocycles. The maximum absolute atomic E-state index is 13.1. The Labute approximate surface area is 244 Å². The highest BCUT2D eigenvalue weighted by Crippen LogP contribution is 2.40. The van der Waals surface area contributed by atoms with Gasteiger partial charge >= 0.3 is 6.09 Å². The van der Waals surface area contributed by atoms with Crippen molar-refractivity contribution in [1.29, 1.82) is 0 Å². The van der Waals surface area contributed by atoms with Crippen LogP contribution in [0.1, 0.15) is 36.1 Å². The molecule has 3 aromatic carbocycles. The van der Waals surface area contributed by atoms with Crippen molar-refractivity contribution < 1.29 is 27.1 Å². The fraction of sp³-hybridized carbons (Fsp3) is 0.273. The number of fused-ring (bicyclic) bond motifs is 1. The maximum Gasteiger partial charge on any atom is 0.415 e. The zero-order valence-corrected chi connectivity index (χ0v) is 23.7. The molecule has 9 heteroatoms. The Hall–Kier alpha value is -4.42. The third kappa shape index (κ3) is 6.39. The molecular weight excluding hydrogens is 555 g/mol. The molecule has 0 unspecified atom stereocenters. The zero-order chi connectivity index (χ0) is 29.2. The normalized spacial score (nSPS) is 15.8. The molecule has 0 saturated carbocycles. The summed E-state index contributed by atoms with van der Waals surface area (Å²) in [6.07, 6.45) is 4.22. The number of aryl methyl sites for hydroxylation is 1. The highest BCUT2D eigenvalue weighted by molar-refractivity contribution is 7.89. The first kappa shape index (κ1) is 27.7. The average Bonchev–Trinajstić information content (AvgIpc) is 2.99. The van der Waals surface area contributed by atoms with E-state index in [-0.39, 0.29) is 22.9 Å². The van der Waals surface area contributed by atoms with Crippen LogP contribution in [0.3, 0.4) is 0 Å². The number of carbonyl (C=O) groups is 1. The number of pyridine rings is 1. The lowest BCUT2D eigenvalue weighted by atomic mass is 9.82. The average molecular weight is 585 g/mol. The van der Waals surface area contributed by atoms with Crippen LogP contribution in [-0.2, 0) is 27.8 Å². The summed E-state index contributed by atoms with van der Waals surface area (Å²) in [5.41, 5.74) is 3.65. The molecule has 0 atom stereocenters. The molecule has 4 aromatic rings. The largest absolute Gasteiger partial charge is 0.487 e. The number of aromatic nitrogens is 1. The molecule has 214 valence electrons. The van der Waals surface area contributed by atoms with Gasteiger partial charge < -0.3 is 14.4 Å². The van der Waals surface area contributed by atoms with Crippen molar-refractivity contribution in [3.05, 3.63) is 114 Å². The summed E-state index contributed by atoms with van der Waals surface area (Å²) in [7, 11) is -3.39. The van der Waals surface area contributed by atoms with Crippen LogP contribution in [0, 0.1) is 17.9 Å². The Morgan fingerprint density at radius 1 is 0.976 bits per heavy atom. The van der Waals surface area contributed by atoms with Crippen molar-refractivity contribution >= 4 is 15.9 Å². The number of amides is 1. The van der Waals surface area contributed by atoms with Crippen LogP contribution in [-0.4, -0.2) is 43.1 Å². The third-order valence-electron chi connectivity index (χ3n) is 7.78. The molecule has 0 bridgehead atoms. The molecule has 1 fully saturated rings. The molecule has 1 spiro atoms. The Kier molecular flexibility index (Phi) is 7.56. The van der Waals surface area contributed by atoms with Gasteiger partial charge in [0.05, 0.1) is 17.2 Å². The van der Waals surface area contributed by atoms with E-state index in [2.05, 4.69) is 23.2 Å². The van der Waals surface area contributed by atoms with Crippen molar-refractivity contribution in [2.45, 2.75) is 42.8 Å². The fourth-order valence-electron chi connectivity index (χ4n) is 5.47. The highest BCUT2D eigenvalue weighted by Gasteiger charge is 2.41. The monoisotopic (exact) mass is 584 g/mol. The van der Waals surface area contributed by atoms with Crippen LogP contribution in [0.25, 0.3) is 11.1 Å². The summed E-state index contributed by atoms with van der Waals surface area (Å²) in [6, 6.07) is 26.5. The van der Waals surface area contributed by atoms with Crippen molar-refractivity contribution in [3.63, 3.8) is 0 Å². The molecule has 2 aliphatic rings. The van der Waals surface area contributed by atoms with E-state index >= 15 is 0 Å². The molecule has 1 saturated heterocycles. The van der Waals surface area contributed by atoms with E-state index in [1.165, 1.54) is 24.3 Å². The number of rotatable bonds is 6. The number of ether oxygens (including phenoxy) is 2. The van der Waals surface area contributed by atoms with Gasteiger partial charge in [0, 0.05) is 43.3 Å². The van der Waals surface area contributed by atoms with E-state index in [1.807, 2.05) is 18.2 Å². The van der Waals surface area contributed by atoms with Gasteiger partial charge in [0.25, 0.3) is 0 Å². The summed E-state index contributed by atoms with van der Waals surface area (Å²) < 4.78 is 50.3. The number of hydrogen-bond donors (Lipinski definition) is 0. The zero-order valence-electron chi connectivity index (χ0n) is 22.9. The van der Waals surface area contributed by atoms with E-state index in [9.17, 15) is 17.6 Å². The fourth-order valence-corrected chi connectivity index (χ4v) is 6.84. The molecule has 6 rings (SSSR count). The summed E-state index contributed by atoms with van der Waals surface area (Å²) in [5.74, 6) is 0.534. The van der Waals surface area contributed by atoms with Gasteiger partial charge in [-0.3, -0.25) is 4.98 Å². The molecule has 7 nitrogen and oxygen atoms in total. The number of carbonyl (C=O) groups excluding carboxylic acids is 1. The maximum atomic E-state index is 13.1. The predicted molar refractivity (Wildman–Crippen MR) is 155 cm³/mol. The Balaban J connectivity index is 1.06. The third-order valence-corrected chi connectivity index (χ3v) is 9.26. The van der Waals surface area contributed by atoms with Crippen LogP contribution in [0.5, 0.6) is 11.5 Å². The Morgan fingerprint density at radius 2 is 1.79 bits per heavy atom. The lowest BCUT2D eigenvalue weighted by Crippen LogP contribution is -2.51. The van der Waals surface area contributed by atoms with Gasteiger partial charge in [-0.1, -0.05) is 24.3 Å². The predicted octanol–water partition coefficient (Wildman–Crippen LogP) is 5.96. The quantitative estimate of drug-likeness (QED) is 0.278. The van der Waals surface area contributed by atoms with Crippen LogP contribution in [0.4, 0.5) is 9.18 Å². The summed E-state index contributed by atoms with van der Waals surface area (Å²) in [6.45, 7) is 1.03. The first-order chi connectivity index (χ1) is 20.3. The smallest absolute Gasteiger partial charge is 0.415 e. The van der Waals surface area contributed by atoms with Gasteiger partial charge in [-0.2, -0.15) is 0 Å². The molecule has 2 aliphatic heterocycles. The van der Waals surface area contributed by atoms with Crippen molar-refractivity contribution in [2.24, 2.45) is 0 Å². The summed E-state index contributed by atoms with van der Waals surface area (Å²) >= 11 is 0. The van der Waals surface area contributed by atoms with Gasteiger partial charge in [0.15, 0.2) is 9.84 Å². The minimum Gasteiger partial charge on any atom is -0.487 e. The minimum absolute atomic E-state index is 0.117. The number of piperidine rings is 1. The second kappa shape index (κ2) is 11.5. The number of likely N-dealkylation sites (tertiary alicyclic amines) is 1. The molecule has 1 amide bonds. The number of benzene rings is 2. The minimum atomic E-state index is -3.39. The summed E-state index contributed by atoms with van der Waals surface area (Å²) in [5, 5.41) is 0. The summed E-state index contributed by atoms with van der Waals surface area (Å²) in [4.78, 5) is 18.4. The van der Waals surface area contributed by atoms with Gasteiger partial charge in [0.2, 0.25) is 0 Å². The lowest BCUT2D eigenvalue weighted by molar-refractivity contribution is -0.00948. The van der Waals surface area contributed by atoms with Gasteiger partial charge in [-0.15, -0.1) is 0 Å². The van der Waals surface area contributed by atoms with Crippen LogP contribution in [0.2, 0.25) is 0 Å². The first-order valence-corrected chi connectivity index (χ1v) is 15.7. The van der Waals surface area contributed by atoms with E-state index in [0.717, 1.165) is 35.3 Å².